The number of halogens is 2. The fourth-order valence-corrected chi connectivity index (χ4v) is 1.38. The van der Waals surface area contributed by atoms with Gasteiger partial charge in [-0.25, -0.2) is 0 Å². The van der Waals surface area contributed by atoms with Crippen molar-refractivity contribution in [1.29, 1.82) is 0 Å². The lowest BCUT2D eigenvalue weighted by molar-refractivity contribution is -0.113. The van der Waals surface area contributed by atoms with E-state index in [9.17, 15) is 4.79 Å². The van der Waals surface area contributed by atoms with Crippen molar-refractivity contribution in [3.8, 4) is 5.75 Å². The molecule has 1 N–H and O–H groups in total. The Kier molecular flexibility index (Phi) is 4.72. The largest absolute Gasteiger partial charge is 0.490 e. The molecule has 0 radical (unpaired) electrons. The molecular formula is C10H11Cl2NO2. The van der Waals surface area contributed by atoms with Crippen LogP contribution in [-0.2, 0) is 4.79 Å². The summed E-state index contributed by atoms with van der Waals surface area (Å²) in [6.45, 7) is 2.32. The van der Waals surface area contributed by atoms with Crippen LogP contribution in [-0.4, -0.2) is 18.4 Å². The van der Waals surface area contributed by atoms with Crippen molar-refractivity contribution in [3.05, 3.63) is 23.2 Å². The number of hydrogen-bond donors (Lipinski definition) is 1. The fraction of sp³-hybridized carbons (Fsp3) is 0.300. The molecule has 0 unspecified atom stereocenters. The Labute approximate surface area is 98.3 Å². The summed E-state index contributed by atoms with van der Waals surface area (Å²) in [6.07, 6.45) is 0. The zero-order chi connectivity index (χ0) is 11.3. The normalized spacial score (nSPS) is 9.80. The molecule has 0 spiro atoms. The number of amides is 1. The fourth-order valence-electron chi connectivity index (χ4n) is 1.08. The first kappa shape index (κ1) is 12.1. The van der Waals surface area contributed by atoms with Gasteiger partial charge in [0, 0.05) is 0 Å². The zero-order valence-corrected chi connectivity index (χ0v) is 9.73. The number of benzene rings is 1. The summed E-state index contributed by atoms with van der Waals surface area (Å²) in [7, 11) is 0. The van der Waals surface area contributed by atoms with Gasteiger partial charge in [-0.3, -0.25) is 4.79 Å². The van der Waals surface area contributed by atoms with Crippen molar-refractivity contribution < 1.29 is 9.53 Å². The van der Waals surface area contributed by atoms with Crippen LogP contribution >= 0.6 is 23.2 Å². The highest BCUT2D eigenvalue weighted by molar-refractivity contribution is 6.33. The summed E-state index contributed by atoms with van der Waals surface area (Å²) >= 11 is 11.3. The van der Waals surface area contributed by atoms with Crippen molar-refractivity contribution >= 4 is 34.8 Å². The number of nitrogens with one attached hydrogen (secondary N) is 1. The Morgan fingerprint density at radius 1 is 1.53 bits per heavy atom. The number of carbonyl (C=O) groups excluding carboxylic acids is 1. The lowest BCUT2D eigenvalue weighted by Gasteiger charge is -2.11. The summed E-state index contributed by atoms with van der Waals surface area (Å²) in [5, 5.41) is 3.07. The van der Waals surface area contributed by atoms with Crippen LogP contribution in [0.2, 0.25) is 5.02 Å². The number of ether oxygens (including phenoxy) is 1. The van der Waals surface area contributed by atoms with Gasteiger partial charge in [-0.1, -0.05) is 17.7 Å². The van der Waals surface area contributed by atoms with Crippen molar-refractivity contribution in [2.75, 3.05) is 17.8 Å². The molecule has 0 heterocycles. The molecule has 0 aliphatic carbocycles. The first-order chi connectivity index (χ1) is 7.19. The molecule has 5 heteroatoms. The third-order valence-electron chi connectivity index (χ3n) is 1.65. The van der Waals surface area contributed by atoms with E-state index in [0.717, 1.165) is 0 Å². The zero-order valence-electron chi connectivity index (χ0n) is 8.22. The van der Waals surface area contributed by atoms with Gasteiger partial charge in [-0.15, -0.1) is 11.6 Å². The van der Waals surface area contributed by atoms with Gasteiger partial charge in [0.2, 0.25) is 5.91 Å². The molecule has 0 atom stereocenters. The number of para-hydroxylation sites is 1. The van der Waals surface area contributed by atoms with Crippen LogP contribution in [0.3, 0.4) is 0 Å². The van der Waals surface area contributed by atoms with E-state index < -0.39 is 0 Å². The Morgan fingerprint density at radius 2 is 2.27 bits per heavy atom. The van der Waals surface area contributed by atoms with Crippen LogP contribution in [0, 0.1) is 0 Å². The van der Waals surface area contributed by atoms with E-state index in [0.29, 0.717) is 23.1 Å². The van der Waals surface area contributed by atoms with Crippen LogP contribution in [0.5, 0.6) is 5.75 Å². The third kappa shape index (κ3) is 3.29. The van der Waals surface area contributed by atoms with Crippen LogP contribution in [0.15, 0.2) is 18.2 Å². The first-order valence-corrected chi connectivity index (χ1v) is 5.37. The molecule has 0 aromatic heterocycles. The second-order valence-corrected chi connectivity index (χ2v) is 3.41. The third-order valence-corrected chi connectivity index (χ3v) is 2.19. The summed E-state index contributed by atoms with van der Waals surface area (Å²) in [5.41, 5.74) is 0.537. The smallest absolute Gasteiger partial charge is 0.239 e. The van der Waals surface area contributed by atoms with Crippen LogP contribution < -0.4 is 10.1 Å². The van der Waals surface area contributed by atoms with Gasteiger partial charge >= 0.3 is 0 Å². The molecule has 0 aliphatic heterocycles. The average molecular weight is 248 g/mol. The molecule has 1 aromatic rings. The molecule has 0 saturated carbocycles. The SMILES string of the molecule is CCOc1c(Cl)cccc1NC(=O)CCl. The molecule has 0 aliphatic rings. The molecule has 1 rings (SSSR count). The summed E-state index contributed by atoms with van der Waals surface area (Å²) in [6, 6.07) is 5.14. The van der Waals surface area contributed by atoms with Crippen molar-refractivity contribution in [2.45, 2.75) is 6.92 Å². The number of anilines is 1. The van der Waals surface area contributed by atoms with E-state index in [1.54, 1.807) is 18.2 Å². The highest BCUT2D eigenvalue weighted by Crippen LogP contribution is 2.32. The minimum absolute atomic E-state index is 0.0991. The van der Waals surface area contributed by atoms with E-state index >= 15 is 0 Å². The number of rotatable bonds is 4. The number of alkyl halides is 1. The highest BCUT2D eigenvalue weighted by Gasteiger charge is 2.09. The van der Waals surface area contributed by atoms with Crippen LogP contribution in [0.1, 0.15) is 6.92 Å². The predicted octanol–water partition coefficient (Wildman–Crippen LogP) is 2.92. The molecule has 15 heavy (non-hydrogen) atoms. The number of hydrogen-bond acceptors (Lipinski definition) is 2. The van der Waals surface area contributed by atoms with E-state index in [4.69, 9.17) is 27.9 Å². The molecular weight excluding hydrogens is 237 g/mol. The van der Waals surface area contributed by atoms with Crippen LogP contribution in [0.4, 0.5) is 5.69 Å². The average Bonchev–Trinajstić information content (AvgIpc) is 2.23. The highest BCUT2D eigenvalue weighted by atomic mass is 35.5. The summed E-state index contributed by atoms with van der Waals surface area (Å²) < 4.78 is 5.32. The molecule has 0 bridgehead atoms. The van der Waals surface area contributed by atoms with Crippen molar-refractivity contribution in [1.82, 2.24) is 0 Å². The van der Waals surface area contributed by atoms with Crippen LogP contribution in [0.25, 0.3) is 0 Å². The van der Waals surface area contributed by atoms with E-state index in [2.05, 4.69) is 5.32 Å². The minimum atomic E-state index is -0.292. The maximum Gasteiger partial charge on any atom is 0.239 e. The van der Waals surface area contributed by atoms with Gasteiger partial charge in [0.05, 0.1) is 17.3 Å². The monoisotopic (exact) mass is 247 g/mol. The molecule has 0 fully saturated rings. The molecule has 1 amide bonds. The number of carbonyl (C=O) groups is 1. The van der Waals surface area contributed by atoms with Crippen molar-refractivity contribution in [2.24, 2.45) is 0 Å². The maximum atomic E-state index is 11.1. The van der Waals surface area contributed by atoms with E-state index in [1.807, 2.05) is 6.92 Å². The Hall–Kier alpha value is -0.930. The molecule has 0 saturated heterocycles. The van der Waals surface area contributed by atoms with Gasteiger partial charge in [0.15, 0.2) is 5.75 Å². The topological polar surface area (TPSA) is 38.3 Å². The quantitative estimate of drug-likeness (QED) is 0.832. The van der Waals surface area contributed by atoms with Crippen molar-refractivity contribution in [3.63, 3.8) is 0 Å². The Bertz CT molecular complexity index is 355. The molecule has 3 nitrogen and oxygen atoms in total. The second-order valence-electron chi connectivity index (χ2n) is 2.73. The molecule has 82 valence electrons. The predicted molar refractivity (Wildman–Crippen MR) is 62.0 cm³/mol. The minimum Gasteiger partial charge on any atom is -0.490 e. The summed E-state index contributed by atoms with van der Waals surface area (Å²) in [5.74, 6) is 0.0814. The van der Waals surface area contributed by atoms with Gasteiger partial charge < -0.3 is 10.1 Å². The van der Waals surface area contributed by atoms with E-state index in [-0.39, 0.29) is 11.8 Å². The van der Waals surface area contributed by atoms with E-state index in [1.165, 1.54) is 0 Å². The second kappa shape index (κ2) is 5.83. The van der Waals surface area contributed by atoms with Gasteiger partial charge in [0.25, 0.3) is 0 Å². The standard InChI is InChI=1S/C10H11Cl2NO2/c1-2-15-10-7(12)4-3-5-8(10)13-9(14)6-11/h3-5H,2,6H2,1H3,(H,13,14). The Morgan fingerprint density at radius 3 is 2.87 bits per heavy atom. The lowest BCUT2D eigenvalue weighted by atomic mass is 10.3. The molecule has 1 aromatic carbocycles. The summed E-state index contributed by atoms with van der Waals surface area (Å²) in [4.78, 5) is 11.1. The maximum absolute atomic E-state index is 11.1. The lowest BCUT2D eigenvalue weighted by Crippen LogP contribution is -2.13. The van der Waals surface area contributed by atoms with Gasteiger partial charge in [0.1, 0.15) is 5.88 Å². The first-order valence-electron chi connectivity index (χ1n) is 4.46. The Balaban J connectivity index is 2.94. The van der Waals surface area contributed by atoms with Gasteiger partial charge in [-0.05, 0) is 19.1 Å². The van der Waals surface area contributed by atoms with Gasteiger partial charge in [-0.2, -0.15) is 0 Å².